The van der Waals surface area contributed by atoms with Crippen molar-refractivity contribution >= 4 is 6.08 Å². The number of hydrogen-bond acceptors (Lipinski definition) is 6. The Hall–Kier alpha value is -1.28. The molecule has 6 heteroatoms. The Morgan fingerprint density at radius 1 is 1.17 bits per heavy atom. The predicted octanol–water partition coefficient (Wildman–Crippen LogP) is 0.924. The summed E-state index contributed by atoms with van der Waals surface area (Å²) in [7, 11) is 1.42. The van der Waals surface area contributed by atoms with Crippen molar-refractivity contribution in [1.82, 2.24) is 0 Å². The number of benzene rings is 1. The highest BCUT2D eigenvalue weighted by Gasteiger charge is 2.48. The molecule has 0 aromatic heterocycles. The van der Waals surface area contributed by atoms with E-state index in [4.69, 9.17) is 18.9 Å². The summed E-state index contributed by atoms with van der Waals surface area (Å²) in [6.07, 6.45) is -2.87. The van der Waals surface area contributed by atoms with Gasteiger partial charge >= 0.3 is 0 Å². The second kappa shape index (κ2) is 7.09. The van der Waals surface area contributed by atoms with Crippen LogP contribution in [0.15, 0.2) is 35.9 Å². The van der Waals surface area contributed by atoms with Crippen molar-refractivity contribution in [1.29, 1.82) is 0 Å². The molecule has 3 rings (SSSR count). The van der Waals surface area contributed by atoms with E-state index in [-0.39, 0.29) is 6.61 Å². The second-order valence-electron chi connectivity index (χ2n) is 5.82. The van der Waals surface area contributed by atoms with Crippen molar-refractivity contribution in [3.63, 3.8) is 0 Å². The Morgan fingerprint density at radius 3 is 2.61 bits per heavy atom. The summed E-state index contributed by atoms with van der Waals surface area (Å²) in [6.45, 7) is 2.17. The quantitative estimate of drug-likeness (QED) is 0.862. The van der Waals surface area contributed by atoms with Gasteiger partial charge in [-0.15, -0.1) is 0 Å². The second-order valence-corrected chi connectivity index (χ2v) is 5.82. The zero-order valence-corrected chi connectivity index (χ0v) is 13.2. The van der Waals surface area contributed by atoms with Crippen LogP contribution >= 0.6 is 0 Å². The molecule has 0 bridgehead atoms. The number of rotatable bonds is 3. The molecule has 6 nitrogen and oxygen atoms in total. The predicted molar refractivity (Wildman–Crippen MR) is 82.4 cm³/mol. The third-order valence-corrected chi connectivity index (χ3v) is 4.13. The van der Waals surface area contributed by atoms with Crippen molar-refractivity contribution in [2.24, 2.45) is 0 Å². The van der Waals surface area contributed by atoms with Crippen molar-refractivity contribution in [2.45, 2.75) is 43.9 Å². The largest absolute Gasteiger partial charge is 0.387 e. The Bertz CT molecular complexity index is 543. The molecule has 2 aliphatic rings. The molecule has 1 aromatic carbocycles. The lowest BCUT2D eigenvalue weighted by molar-refractivity contribution is -0.349. The average molecular weight is 322 g/mol. The van der Waals surface area contributed by atoms with Crippen LogP contribution in [0.4, 0.5) is 0 Å². The molecule has 0 amide bonds. The molecule has 2 heterocycles. The van der Waals surface area contributed by atoms with Crippen LogP contribution in [0.2, 0.25) is 0 Å². The SMILES string of the molecule is CO[C@H]1O[C@@H]2CO[C@@H](/C(C)=C/c3ccccc3)O[C@H]2[C@H](O)[C@H]1O. The van der Waals surface area contributed by atoms with E-state index < -0.39 is 37.0 Å². The van der Waals surface area contributed by atoms with Crippen LogP contribution in [0.5, 0.6) is 0 Å². The van der Waals surface area contributed by atoms with E-state index in [1.54, 1.807) is 0 Å². The first-order valence-corrected chi connectivity index (χ1v) is 7.65. The topological polar surface area (TPSA) is 77.4 Å². The van der Waals surface area contributed by atoms with E-state index in [0.29, 0.717) is 0 Å². The molecule has 0 aliphatic carbocycles. The number of hydrogen-bond donors (Lipinski definition) is 2. The molecule has 126 valence electrons. The highest BCUT2D eigenvalue weighted by molar-refractivity contribution is 5.52. The number of aliphatic hydroxyl groups is 2. The Labute approximate surface area is 135 Å². The minimum atomic E-state index is -1.15. The van der Waals surface area contributed by atoms with Crippen LogP contribution in [-0.2, 0) is 18.9 Å². The number of fused-ring (bicyclic) bond motifs is 1. The molecule has 0 radical (unpaired) electrons. The fourth-order valence-corrected chi connectivity index (χ4v) is 2.89. The van der Waals surface area contributed by atoms with Gasteiger partial charge < -0.3 is 29.2 Å². The maximum Gasteiger partial charge on any atom is 0.186 e. The van der Waals surface area contributed by atoms with Crippen LogP contribution < -0.4 is 0 Å². The summed E-state index contributed by atoms with van der Waals surface area (Å²) in [4.78, 5) is 0. The molecule has 23 heavy (non-hydrogen) atoms. The van der Waals surface area contributed by atoms with E-state index >= 15 is 0 Å². The molecule has 1 aromatic rings. The normalized spacial score (nSPS) is 38.2. The summed E-state index contributed by atoms with van der Waals surface area (Å²) < 4.78 is 22.1. The van der Waals surface area contributed by atoms with Gasteiger partial charge in [-0.25, -0.2) is 0 Å². The summed E-state index contributed by atoms with van der Waals surface area (Å²) >= 11 is 0. The van der Waals surface area contributed by atoms with E-state index in [2.05, 4.69) is 0 Å². The third kappa shape index (κ3) is 3.47. The lowest BCUT2D eigenvalue weighted by atomic mass is 9.98. The molecule has 2 saturated heterocycles. The van der Waals surface area contributed by atoms with E-state index in [0.717, 1.165) is 11.1 Å². The summed E-state index contributed by atoms with van der Waals surface area (Å²) in [5, 5.41) is 20.3. The number of aliphatic hydroxyl groups excluding tert-OH is 2. The van der Waals surface area contributed by atoms with Gasteiger partial charge in [-0.3, -0.25) is 0 Å². The lowest BCUT2D eigenvalue weighted by Crippen LogP contribution is -2.63. The van der Waals surface area contributed by atoms with Crippen LogP contribution in [0.25, 0.3) is 6.08 Å². The van der Waals surface area contributed by atoms with Gasteiger partial charge in [0.2, 0.25) is 0 Å². The zero-order valence-electron chi connectivity index (χ0n) is 13.2. The minimum Gasteiger partial charge on any atom is -0.387 e. The molecule has 6 atom stereocenters. The monoisotopic (exact) mass is 322 g/mol. The van der Waals surface area contributed by atoms with Gasteiger partial charge in [-0.2, -0.15) is 0 Å². The lowest BCUT2D eigenvalue weighted by Gasteiger charge is -2.46. The van der Waals surface area contributed by atoms with E-state index in [9.17, 15) is 10.2 Å². The molecular weight excluding hydrogens is 300 g/mol. The molecule has 0 unspecified atom stereocenters. The first-order valence-electron chi connectivity index (χ1n) is 7.65. The minimum absolute atomic E-state index is 0.263. The van der Waals surface area contributed by atoms with E-state index in [1.165, 1.54) is 7.11 Å². The molecule has 2 aliphatic heterocycles. The Kier molecular flexibility index (Phi) is 5.11. The molecule has 0 spiro atoms. The summed E-state index contributed by atoms with van der Waals surface area (Å²) in [6, 6.07) is 9.84. The van der Waals surface area contributed by atoms with Crippen molar-refractivity contribution in [2.75, 3.05) is 13.7 Å². The highest BCUT2D eigenvalue weighted by atomic mass is 16.7. The van der Waals surface area contributed by atoms with Gasteiger partial charge in [0.05, 0.1) is 6.61 Å². The van der Waals surface area contributed by atoms with Crippen molar-refractivity contribution in [3.8, 4) is 0 Å². The summed E-state index contributed by atoms with van der Waals surface area (Å²) in [5.74, 6) is 0. The maximum absolute atomic E-state index is 10.3. The fourth-order valence-electron chi connectivity index (χ4n) is 2.89. The fraction of sp³-hybridized carbons (Fsp3) is 0.529. The number of ether oxygens (including phenoxy) is 4. The van der Waals surface area contributed by atoms with Gasteiger partial charge in [-0.1, -0.05) is 36.4 Å². The Morgan fingerprint density at radius 2 is 1.91 bits per heavy atom. The highest BCUT2D eigenvalue weighted by Crippen LogP contribution is 2.30. The van der Waals surface area contributed by atoms with Gasteiger partial charge in [0.25, 0.3) is 0 Å². The van der Waals surface area contributed by atoms with Crippen LogP contribution in [0.1, 0.15) is 12.5 Å². The standard InChI is InChI=1S/C17H22O6/c1-10(8-11-6-4-3-5-7-11)16-21-9-12-15(23-16)13(18)14(19)17(20-2)22-12/h3-8,12-19H,9H2,1-2H3/b10-8+/t12-,13-,14-,15-,16-,17+/m1/s1. The molecular formula is C17H22O6. The van der Waals surface area contributed by atoms with E-state index in [1.807, 2.05) is 43.3 Å². The first kappa shape index (κ1) is 16.6. The van der Waals surface area contributed by atoms with Gasteiger partial charge in [0.1, 0.15) is 24.4 Å². The first-order chi connectivity index (χ1) is 11.1. The molecule has 2 N–H and O–H groups in total. The molecule has 2 fully saturated rings. The third-order valence-electron chi connectivity index (χ3n) is 4.13. The average Bonchev–Trinajstić information content (AvgIpc) is 2.58. The van der Waals surface area contributed by atoms with Gasteiger partial charge in [0, 0.05) is 7.11 Å². The van der Waals surface area contributed by atoms with Gasteiger partial charge in [0.15, 0.2) is 12.6 Å². The van der Waals surface area contributed by atoms with Crippen LogP contribution in [0, 0.1) is 0 Å². The maximum atomic E-state index is 10.3. The van der Waals surface area contributed by atoms with Crippen LogP contribution in [0.3, 0.4) is 0 Å². The Balaban J connectivity index is 1.71. The van der Waals surface area contributed by atoms with Gasteiger partial charge in [-0.05, 0) is 18.1 Å². The van der Waals surface area contributed by atoms with Crippen LogP contribution in [-0.4, -0.2) is 60.9 Å². The zero-order chi connectivity index (χ0) is 16.4. The molecule has 0 saturated carbocycles. The van der Waals surface area contributed by atoms with Crippen molar-refractivity contribution < 1.29 is 29.2 Å². The smallest absolute Gasteiger partial charge is 0.186 e. The van der Waals surface area contributed by atoms with Crippen molar-refractivity contribution in [3.05, 3.63) is 41.5 Å². The number of methoxy groups -OCH3 is 1. The summed E-state index contributed by atoms with van der Waals surface area (Å²) in [5.41, 5.74) is 1.92.